The normalized spacial score (nSPS) is 18.5. The molecule has 22 nitrogen and oxygen atoms in total. The number of alkyl halides is 12. The second-order valence-corrected chi connectivity index (χ2v) is 21.6. The largest absolute Gasteiger partial charge is 2.00 e. The molecule has 0 bridgehead atoms. The van der Waals surface area contributed by atoms with E-state index in [2.05, 4.69) is 30.6 Å². The molecule has 0 aromatic carbocycles. The Bertz CT molecular complexity index is 2690. The zero-order valence-electron chi connectivity index (χ0n) is 43.1. The average molecular weight is 1400 g/mol. The third-order valence-electron chi connectivity index (χ3n) is 10.1. The second-order valence-electron chi connectivity index (χ2n) is 16.1. The summed E-state index contributed by atoms with van der Waals surface area (Å²) in [5.41, 5.74) is -18.9. The Morgan fingerprint density at radius 1 is 0.476 bits per heavy atom. The van der Waals surface area contributed by atoms with E-state index in [1.807, 2.05) is 99.1 Å². The van der Waals surface area contributed by atoms with Crippen molar-refractivity contribution < 1.29 is 148 Å². The first-order valence-corrected chi connectivity index (χ1v) is 28.9. The predicted molar refractivity (Wildman–Crippen MR) is 262 cm³/mol. The molecule has 6 rings (SSSR count). The van der Waals surface area contributed by atoms with Gasteiger partial charge in [0.05, 0.1) is 34.9 Å². The molecule has 2 fully saturated rings. The van der Waals surface area contributed by atoms with Gasteiger partial charge in [-0.05, 0) is 88.1 Å². The van der Waals surface area contributed by atoms with E-state index in [1.165, 1.54) is 25.7 Å². The Morgan fingerprint density at radius 2 is 0.726 bits per heavy atom. The quantitative estimate of drug-likeness (QED) is 0.0313. The van der Waals surface area contributed by atoms with Crippen LogP contribution < -0.4 is 10.6 Å². The molecule has 0 unspecified atom stereocenters. The SMILES string of the molecule is CCO[C@H](N[C@@H]1CCCC[C@H]1N=Cc1ccccn1)c1ccccn1.CCO[C@H](N[C@@H]1CCCC[C@H]1N=Cc1ccccn1)c1ccccn1.O=S(=O)([O-])C(F)(F)F.O=S(=O)([O-])C(F)(F)F.O=S(=O)([O-])C(F)(F)F.O=S(=O)([O-])C(F)(F)F.[Cu+2].[Cu+2]. The van der Waals surface area contributed by atoms with Crippen molar-refractivity contribution in [1.82, 2.24) is 30.6 Å². The Balaban J connectivity index is 0. The fourth-order valence-corrected chi connectivity index (χ4v) is 6.44. The van der Waals surface area contributed by atoms with Crippen molar-refractivity contribution in [1.29, 1.82) is 0 Å². The second kappa shape index (κ2) is 38.0. The fraction of sp³-hybridized carbons (Fsp3) is 0.500. The summed E-state index contributed by atoms with van der Waals surface area (Å²) < 4.78 is 247. The molecule has 4 aromatic heterocycles. The monoisotopic (exact) mass is 1400 g/mol. The molecule has 0 spiro atoms. The van der Waals surface area contributed by atoms with Gasteiger partial charge in [0.25, 0.3) is 0 Å². The van der Waals surface area contributed by atoms with Crippen LogP contribution in [0.3, 0.4) is 0 Å². The van der Waals surface area contributed by atoms with Gasteiger partial charge in [0, 0.05) is 62.5 Å². The summed E-state index contributed by atoms with van der Waals surface area (Å²) in [4.78, 5) is 27.2. The molecule has 2 aliphatic carbocycles. The number of hydrogen-bond acceptors (Lipinski definition) is 22. The first-order valence-electron chi connectivity index (χ1n) is 23.3. The van der Waals surface area contributed by atoms with E-state index in [1.54, 1.807) is 24.8 Å². The van der Waals surface area contributed by atoms with Crippen LogP contribution in [0.4, 0.5) is 52.7 Å². The van der Waals surface area contributed by atoms with Crippen LogP contribution >= 0.6 is 0 Å². The number of aliphatic imine (C=N–C) groups is 2. The minimum atomic E-state index is -6.09. The van der Waals surface area contributed by atoms with Gasteiger partial charge in [-0.1, -0.05) is 49.9 Å². The summed E-state index contributed by atoms with van der Waals surface area (Å²) >= 11 is 0. The number of nitrogens with zero attached hydrogens (tertiary/aromatic N) is 6. The van der Waals surface area contributed by atoms with Gasteiger partial charge in [0.2, 0.25) is 0 Å². The van der Waals surface area contributed by atoms with Crippen LogP contribution in [-0.2, 0) is 84.1 Å². The Kier molecular flexibility index (Phi) is 37.0. The third-order valence-corrected chi connectivity index (χ3v) is 12.3. The first kappa shape index (κ1) is 81.7. The molecule has 482 valence electrons. The van der Waals surface area contributed by atoms with Gasteiger partial charge in [-0.25, -0.2) is 33.7 Å². The summed E-state index contributed by atoms with van der Waals surface area (Å²) in [5.74, 6) is 0. The number of aromatic nitrogens is 4. The Labute approximate surface area is 496 Å². The van der Waals surface area contributed by atoms with E-state index in [0.29, 0.717) is 13.2 Å². The number of nitrogens with one attached hydrogen (secondary N) is 2. The average Bonchev–Trinajstić information content (AvgIpc) is 3.38. The maximum absolute atomic E-state index is 10.7. The molecule has 2 N–H and O–H groups in total. The number of ether oxygens (including phenoxy) is 2. The van der Waals surface area contributed by atoms with Crippen LogP contribution in [0, 0.1) is 0 Å². The zero-order chi connectivity index (χ0) is 62.6. The van der Waals surface area contributed by atoms with Crippen molar-refractivity contribution in [2.24, 2.45) is 9.98 Å². The fourth-order valence-electron chi connectivity index (χ4n) is 6.44. The van der Waals surface area contributed by atoms with Crippen LogP contribution in [-0.4, -0.2) is 144 Å². The zero-order valence-corrected chi connectivity index (χ0v) is 48.2. The molecule has 40 heteroatoms. The minimum Gasteiger partial charge on any atom is -0.741 e. The maximum atomic E-state index is 10.7. The molecular formula is C44H52Cu2F12N8O14S4. The summed E-state index contributed by atoms with van der Waals surface area (Å²) in [6, 6.07) is 24.6. The van der Waals surface area contributed by atoms with Gasteiger partial charge < -0.3 is 27.7 Å². The number of rotatable bonds is 14. The molecule has 2 radical (unpaired) electrons. The van der Waals surface area contributed by atoms with E-state index < -0.39 is 62.5 Å². The van der Waals surface area contributed by atoms with E-state index in [0.717, 1.165) is 48.5 Å². The molecule has 6 atom stereocenters. The van der Waals surface area contributed by atoms with Gasteiger partial charge in [-0.3, -0.25) is 40.6 Å². The van der Waals surface area contributed by atoms with E-state index in [9.17, 15) is 52.7 Å². The summed E-state index contributed by atoms with van der Waals surface area (Å²) in [7, 11) is -24.4. The van der Waals surface area contributed by atoms with Crippen molar-refractivity contribution >= 4 is 52.9 Å². The van der Waals surface area contributed by atoms with Crippen molar-refractivity contribution in [3.8, 4) is 0 Å². The molecule has 4 aromatic rings. The molecule has 0 amide bonds. The Hall–Kier alpha value is -4.38. The van der Waals surface area contributed by atoms with Gasteiger partial charge in [0.15, 0.2) is 52.9 Å². The molecule has 2 aliphatic rings. The minimum absolute atomic E-state index is 0. The van der Waals surface area contributed by atoms with Crippen molar-refractivity contribution in [3.63, 3.8) is 0 Å². The molecule has 0 aliphatic heterocycles. The topological polar surface area (TPSA) is 348 Å². The van der Waals surface area contributed by atoms with E-state index in [-0.39, 0.29) is 70.8 Å². The van der Waals surface area contributed by atoms with Crippen molar-refractivity contribution in [3.05, 3.63) is 120 Å². The molecule has 84 heavy (non-hydrogen) atoms. The van der Waals surface area contributed by atoms with Crippen LogP contribution in [0.5, 0.6) is 0 Å². The number of hydrogen-bond donors (Lipinski definition) is 2. The van der Waals surface area contributed by atoms with Gasteiger partial charge in [0.1, 0.15) is 0 Å². The molecule has 0 saturated heterocycles. The van der Waals surface area contributed by atoms with E-state index in [4.69, 9.17) is 71.3 Å². The van der Waals surface area contributed by atoms with Gasteiger partial charge >= 0.3 is 56.2 Å². The maximum Gasteiger partial charge on any atom is 2.00 e. The standard InChI is InChI=1S/2C20H26N4O.4CHF3O3S.2Cu/c2*1-2-25-20(19-12-6-8-14-22-19)24-18-11-4-3-10-17(18)23-15-16-9-5-7-13-21-16;4*2-1(3,4)8(5,6)7;;/h2*5-9,12-15,17-18,20,24H,2-4,10-11H2,1H3;4*(H,5,6,7);;/q;;;;;;2*+2/p-4/t2*17-,18-,20+;;;;;;/m11....../s1. The van der Waals surface area contributed by atoms with Crippen LogP contribution in [0.1, 0.15) is 100 Å². The first-order chi connectivity index (χ1) is 37.7. The van der Waals surface area contributed by atoms with Crippen LogP contribution in [0.25, 0.3) is 0 Å². The molecule has 4 heterocycles. The van der Waals surface area contributed by atoms with Crippen molar-refractivity contribution in [2.75, 3.05) is 13.2 Å². The summed E-state index contributed by atoms with van der Waals surface area (Å²) in [5, 5.41) is 7.28. The Morgan fingerprint density at radius 3 is 0.940 bits per heavy atom. The molecular weight excluding hydrogens is 1350 g/mol. The van der Waals surface area contributed by atoms with Crippen molar-refractivity contribution in [2.45, 2.75) is 124 Å². The number of pyridine rings is 4. The van der Waals surface area contributed by atoms with Gasteiger partial charge in [-0.15, -0.1) is 0 Å². The van der Waals surface area contributed by atoms with Crippen LogP contribution in [0.2, 0.25) is 0 Å². The molecule has 2 saturated carbocycles. The summed E-state index contributed by atoms with van der Waals surface area (Å²) in [6.45, 7) is 5.30. The third kappa shape index (κ3) is 32.9. The number of halogens is 12. The predicted octanol–water partition coefficient (Wildman–Crippen LogP) is 7.26. The summed E-state index contributed by atoms with van der Waals surface area (Å²) in [6.07, 6.45) is 19.8. The van der Waals surface area contributed by atoms with Gasteiger partial charge in [-0.2, -0.15) is 52.7 Å². The van der Waals surface area contributed by atoms with E-state index >= 15 is 0 Å². The smallest absolute Gasteiger partial charge is 0.741 e. The van der Waals surface area contributed by atoms with Crippen LogP contribution in [0.15, 0.2) is 108 Å².